The zero-order valence-corrected chi connectivity index (χ0v) is 14.4. The van der Waals surface area contributed by atoms with E-state index in [0.29, 0.717) is 22.7 Å². The lowest BCUT2D eigenvalue weighted by atomic mass is 10.2. The first-order chi connectivity index (χ1) is 12.6. The first-order valence-corrected chi connectivity index (χ1v) is 8.06. The summed E-state index contributed by atoms with van der Waals surface area (Å²) in [5, 5.41) is 12.4. The molecule has 1 unspecified atom stereocenters. The second-order valence-corrected chi connectivity index (χ2v) is 5.57. The van der Waals surface area contributed by atoms with Crippen molar-refractivity contribution >= 4 is 17.3 Å². The lowest BCUT2D eigenvalue weighted by molar-refractivity contribution is 0.0955. The summed E-state index contributed by atoms with van der Waals surface area (Å²) in [6, 6.07) is 13.8. The van der Waals surface area contributed by atoms with E-state index in [0.717, 1.165) is 5.76 Å². The second kappa shape index (κ2) is 8.06. The molecule has 0 spiro atoms. The first-order valence-electron chi connectivity index (χ1n) is 8.06. The Morgan fingerprint density at radius 3 is 2.62 bits per heavy atom. The van der Waals surface area contributed by atoms with Crippen molar-refractivity contribution in [2.75, 3.05) is 0 Å². The molecule has 7 heteroatoms. The molecule has 0 fully saturated rings. The lowest BCUT2D eigenvalue weighted by Gasteiger charge is -2.03. The van der Waals surface area contributed by atoms with Crippen molar-refractivity contribution in [1.82, 2.24) is 5.43 Å². The van der Waals surface area contributed by atoms with Gasteiger partial charge in [-0.2, -0.15) is 15.3 Å². The fourth-order valence-electron chi connectivity index (χ4n) is 2.19. The van der Waals surface area contributed by atoms with Gasteiger partial charge in [0.25, 0.3) is 5.91 Å². The Bertz CT molecular complexity index is 912. The summed E-state index contributed by atoms with van der Waals surface area (Å²) in [6.07, 6.45) is 3.14. The van der Waals surface area contributed by atoms with Crippen molar-refractivity contribution in [2.45, 2.75) is 19.9 Å². The molecular formula is C19H18N4O3. The van der Waals surface area contributed by atoms with Gasteiger partial charge in [-0.05, 0) is 56.3 Å². The van der Waals surface area contributed by atoms with E-state index >= 15 is 0 Å². The van der Waals surface area contributed by atoms with Crippen molar-refractivity contribution in [1.29, 1.82) is 0 Å². The van der Waals surface area contributed by atoms with Crippen LogP contribution in [0.4, 0.5) is 5.69 Å². The minimum atomic E-state index is -0.341. The van der Waals surface area contributed by atoms with Gasteiger partial charge in [-0.15, -0.1) is 0 Å². The van der Waals surface area contributed by atoms with Gasteiger partial charge < -0.3 is 8.83 Å². The van der Waals surface area contributed by atoms with Crippen LogP contribution in [0.1, 0.15) is 41.8 Å². The van der Waals surface area contributed by atoms with Gasteiger partial charge in [0.2, 0.25) is 0 Å². The largest absolute Gasteiger partial charge is 0.467 e. The SMILES string of the molecule is C/C(=N\NC(=O)c1cccc(N=NC(C)c2ccco2)c1)c1ccco1. The highest BCUT2D eigenvalue weighted by Gasteiger charge is 2.08. The number of furan rings is 2. The number of carbonyl (C=O) groups is 1. The van der Waals surface area contributed by atoms with Crippen molar-refractivity contribution < 1.29 is 13.6 Å². The molecule has 1 aromatic carbocycles. The third-order valence-corrected chi connectivity index (χ3v) is 3.61. The predicted molar refractivity (Wildman–Crippen MR) is 96.5 cm³/mol. The number of azo groups is 1. The van der Waals surface area contributed by atoms with Crippen LogP contribution >= 0.6 is 0 Å². The predicted octanol–water partition coefficient (Wildman–Crippen LogP) is 4.87. The van der Waals surface area contributed by atoms with Crippen LogP contribution in [0, 0.1) is 0 Å². The fraction of sp³-hybridized carbons (Fsp3) is 0.158. The summed E-state index contributed by atoms with van der Waals surface area (Å²) < 4.78 is 10.5. The highest BCUT2D eigenvalue weighted by Crippen LogP contribution is 2.21. The van der Waals surface area contributed by atoms with Crippen LogP contribution in [-0.4, -0.2) is 11.6 Å². The number of nitrogens with one attached hydrogen (secondary N) is 1. The van der Waals surface area contributed by atoms with E-state index in [1.807, 2.05) is 13.0 Å². The van der Waals surface area contributed by atoms with Gasteiger partial charge in [-0.3, -0.25) is 4.79 Å². The number of amides is 1. The van der Waals surface area contributed by atoms with E-state index in [1.54, 1.807) is 61.9 Å². The Balaban J connectivity index is 1.66. The molecule has 0 saturated carbocycles. The molecule has 1 N–H and O–H groups in total. The molecule has 0 aliphatic carbocycles. The summed E-state index contributed by atoms with van der Waals surface area (Å²) in [7, 11) is 0. The molecular weight excluding hydrogens is 332 g/mol. The quantitative estimate of drug-likeness (QED) is 0.390. The third-order valence-electron chi connectivity index (χ3n) is 3.61. The third kappa shape index (κ3) is 4.32. The van der Waals surface area contributed by atoms with E-state index < -0.39 is 0 Å². The van der Waals surface area contributed by atoms with Crippen LogP contribution in [0.25, 0.3) is 0 Å². The van der Waals surface area contributed by atoms with Crippen LogP contribution in [-0.2, 0) is 0 Å². The van der Waals surface area contributed by atoms with Gasteiger partial charge >= 0.3 is 0 Å². The average Bonchev–Trinajstić information content (AvgIpc) is 3.38. The lowest BCUT2D eigenvalue weighted by Crippen LogP contribution is -2.19. The van der Waals surface area contributed by atoms with E-state index in [1.165, 1.54) is 0 Å². The molecule has 1 amide bonds. The maximum Gasteiger partial charge on any atom is 0.271 e. The minimum Gasteiger partial charge on any atom is -0.467 e. The average molecular weight is 350 g/mol. The van der Waals surface area contributed by atoms with Gasteiger partial charge in [-0.25, -0.2) is 5.43 Å². The minimum absolute atomic E-state index is 0.206. The smallest absolute Gasteiger partial charge is 0.271 e. The monoisotopic (exact) mass is 350 g/mol. The molecule has 0 aliphatic heterocycles. The number of benzene rings is 1. The van der Waals surface area contributed by atoms with Crippen molar-refractivity contribution in [3.8, 4) is 0 Å². The normalized spacial score (nSPS) is 13.1. The molecule has 0 radical (unpaired) electrons. The van der Waals surface area contributed by atoms with E-state index in [-0.39, 0.29) is 11.9 Å². The van der Waals surface area contributed by atoms with Gasteiger partial charge in [-0.1, -0.05) is 6.07 Å². The van der Waals surface area contributed by atoms with Gasteiger partial charge in [0.05, 0.1) is 18.2 Å². The molecule has 26 heavy (non-hydrogen) atoms. The number of carbonyl (C=O) groups excluding carboxylic acids is 1. The maximum atomic E-state index is 12.3. The van der Waals surface area contributed by atoms with Gasteiger partial charge in [0, 0.05) is 5.56 Å². The van der Waals surface area contributed by atoms with Crippen molar-refractivity contribution in [2.24, 2.45) is 15.3 Å². The van der Waals surface area contributed by atoms with Gasteiger partial charge in [0.1, 0.15) is 23.3 Å². The van der Waals surface area contributed by atoms with Crippen molar-refractivity contribution in [3.63, 3.8) is 0 Å². The standard InChI is InChI=1S/C19H18N4O3/c1-13(17-8-4-10-25-17)20-22-16-7-3-6-15(12-16)19(24)23-21-14(2)18-9-5-11-26-18/h3-13H,1-2H3,(H,23,24)/b21-14+,22-20?. The Labute approximate surface area is 150 Å². The van der Waals surface area contributed by atoms with E-state index in [9.17, 15) is 4.79 Å². The van der Waals surface area contributed by atoms with Gasteiger partial charge in [0.15, 0.2) is 0 Å². The molecule has 3 rings (SSSR count). The summed E-state index contributed by atoms with van der Waals surface area (Å²) >= 11 is 0. The number of rotatable bonds is 6. The summed E-state index contributed by atoms with van der Waals surface area (Å²) in [4.78, 5) is 12.3. The second-order valence-electron chi connectivity index (χ2n) is 5.57. The van der Waals surface area contributed by atoms with E-state index in [2.05, 4.69) is 20.8 Å². The number of nitrogens with zero attached hydrogens (tertiary/aromatic N) is 3. The molecule has 1 atom stereocenters. The van der Waals surface area contributed by atoms with Crippen LogP contribution < -0.4 is 5.43 Å². The Hall–Kier alpha value is -3.48. The maximum absolute atomic E-state index is 12.3. The number of hydrazone groups is 1. The molecule has 0 bridgehead atoms. The van der Waals surface area contributed by atoms with Crippen LogP contribution in [0.15, 0.2) is 85.2 Å². The number of hydrogen-bond acceptors (Lipinski definition) is 6. The Morgan fingerprint density at radius 1 is 1.08 bits per heavy atom. The highest BCUT2D eigenvalue weighted by atomic mass is 16.3. The Kier molecular flexibility index (Phi) is 5.38. The fourth-order valence-corrected chi connectivity index (χ4v) is 2.19. The zero-order chi connectivity index (χ0) is 18.4. The Morgan fingerprint density at radius 2 is 1.88 bits per heavy atom. The number of hydrogen-bond donors (Lipinski definition) is 1. The molecule has 3 aromatic rings. The van der Waals surface area contributed by atoms with Crippen molar-refractivity contribution in [3.05, 3.63) is 78.1 Å². The van der Waals surface area contributed by atoms with E-state index in [4.69, 9.17) is 8.83 Å². The summed E-state index contributed by atoms with van der Waals surface area (Å²) in [5.74, 6) is 0.984. The molecule has 2 aromatic heterocycles. The molecule has 0 aliphatic rings. The topological polar surface area (TPSA) is 92.5 Å². The molecule has 2 heterocycles. The molecule has 132 valence electrons. The molecule has 7 nitrogen and oxygen atoms in total. The summed E-state index contributed by atoms with van der Waals surface area (Å²) in [6.45, 7) is 3.63. The molecule has 0 saturated heterocycles. The zero-order valence-electron chi connectivity index (χ0n) is 14.4. The summed E-state index contributed by atoms with van der Waals surface area (Å²) in [5.41, 5.74) is 4.08. The van der Waals surface area contributed by atoms with Crippen LogP contribution in [0.5, 0.6) is 0 Å². The van der Waals surface area contributed by atoms with Crippen LogP contribution in [0.3, 0.4) is 0 Å². The van der Waals surface area contributed by atoms with Crippen LogP contribution in [0.2, 0.25) is 0 Å². The highest BCUT2D eigenvalue weighted by molar-refractivity contribution is 5.99. The first kappa shape index (κ1) is 17.3.